The largest absolute Gasteiger partial charge is 0.490 e. The highest BCUT2D eigenvalue weighted by molar-refractivity contribution is 6.02. The molecule has 0 radical (unpaired) electrons. The van der Waals surface area contributed by atoms with Crippen LogP contribution in [0.15, 0.2) is 53.5 Å². The summed E-state index contributed by atoms with van der Waals surface area (Å²) < 4.78 is 45.1. The first kappa shape index (κ1) is 28.9. The number of aryl methyl sites for hydroxylation is 1. The summed E-state index contributed by atoms with van der Waals surface area (Å²) >= 11 is 0. The summed E-state index contributed by atoms with van der Waals surface area (Å²) in [4.78, 5) is 41.0. The molecule has 1 atom stereocenters. The number of aliphatic hydroxyl groups is 1. The van der Waals surface area contributed by atoms with Crippen molar-refractivity contribution in [2.45, 2.75) is 50.6 Å². The maximum Gasteiger partial charge on any atom is 0.419 e. The number of amides is 1. The third kappa shape index (κ3) is 5.89. The molecule has 0 unspecified atom stereocenters. The van der Waals surface area contributed by atoms with Crippen molar-refractivity contribution in [2.24, 2.45) is 0 Å². The Labute approximate surface area is 245 Å². The lowest BCUT2D eigenvalue weighted by atomic mass is 10.0. The standard InChI is InChI=1S/C31H32F3N5O4/c1-38-12-9-20(10-13-38)39-16-19-14-24-25(15-22(19)30(39)42)37-28(36-24)27-18(8-11-35-29(27)41)6-7-21(40)17-43-26-5-3-2-4-23(26)31(32,33)34/h2-5,8,11,14-15,20-21,40H,6-7,9-10,12-13,16-17H2,1H3,(H,35,41)(H,36,37)/t21-/m1/s1. The average molecular weight is 596 g/mol. The van der Waals surface area contributed by atoms with Crippen LogP contribution >= 0.6 is 0 Å². The number of pyridine rings is 1. The number of benzene rings is 2. The number of aliphatic hydroxyl groups excluding tert-OH is 1. The number of aromatic nitrogens is 3. The summed E-state index contributed by atoms with van der Waals surface area (Å²) in [5.41, 5.74) is 2.44. The van der Waals surface area contributed by atoms with Crippen LogP contribution in [0.4, 0.5) is 13.2 Å². The van der Waals surface area contributed by atoms with E-state index in [1.807, 2.05) is 11.0 Å². The Morgan fingerprint density at radius 1 is 1.14 bits per heavy atom. The molecule has 43 heavy (non-hydrogen) atoms. The van der Waals surface area contributed by atoms with E-state index in [2.05, 4.69) is 26.9 Å². The fraction of sp³-hybridized carbons (Fsp3) is 0.387. The highest BCUT2D eigenvalue weighted by atomic mass is 19.4. The average Bonchev–Trinajstić information content (AvgIpc) is 3.53. The third-order valence-electron chi connectivity index (χ3n) is 8.32. The molecule has 9 nitrogen and oxygen atoms in total. The monoisotopic (exact) mass is 595 g/mol. The molecule has 2 aliphatic heterocycles. The number of para-hydroxylation sites is 1. The van der Waals surface area contributed by atoms with Crippen molar-refractivity contribution in [1.82, 2.24) is 24.8 Å². The smallest absolute Gasteiger partial charge is 0.419 e. The molecule has 1 amide bonds. The van der Waals surface area contributed by atoms with E-state index >= 15 is 0 Å². The van der Waals surface area contributed by atoms with Crippen molar-refractivity contribution in [3.8, 4) is 17.1 Å². The van der Waals surface area contributed by atoms with Crippen LogP contribution in [0.2, 0.25) is 0 Å². The van der Waals surface area contributed by atoms with Gasteiger partial charge in [-0.05, 0) is 87.3 Å². The lowest BCUT2D eigenvalue weighted by Gasteiger charge is -2.34. The summed E-state index contributed by atoms with van der Waals surface area (Å²) in [6.45, 7) is 2.11. The predicted molar refractivity (Wildman–Crippen MR) is 154 cm³/mol. The molecule has 0 spiro atoms. The zero-order chi connectivity index (χ0) is 30.3. The number of piperidine rings is 1. The van der Waals surface area contributed by atoms with Crippen molar-refractivity contribution in [2.75, 3.05) is 26.7 Å². The van der Waals surface area contributed by atoms with E-state index in [0.717, 1.165) is 37.6 Å². The molecule has 12 heteroatoms. The Bertz CT molecular complexity index is 1710. The van der Waals surface area contributed by atoms with Crippen molar-refractivity contribution in [3.63, 3.8) is 0 Å². The van der Waals surface area contributed by atoms with E-state index in [0.29, 0.717) is 40.1 Å². The number of H-pyrrole nitrogens is 2. The number of rotatable bonds is 8. The van der Waals surface area contributed by atoms with E-state index in [1.165, 1.54) is 24.4 Å². The van der Waals surface area contributed by atoms with Gasteiger partial charge in [-0.1, -0.05) is 12.1 Å². The number of alkyl halides is 3. The van der Waals surface area contributed by atoms with E-state index in [9.17, 15) is 27.9 Å². The van der Waals surface area contributed by atoms with Gasteiger partial charge in [0.15, 0.2) is 0 Å². The Morgan fingerprint density at radius 3 is 2.67 bits per heavy atom. The first-order valence-corrected chi connectivity index (χ1v) is 14.3. The van der Waals surface area contributed by atoms with Crippen LogP contribution in [0.5, 0.6) is 5.75 Å². The summed E-state index contributed by atoms with van der Waals surface area (Å²) in [6.07, 6.45) is -1.88. The molecule has 226 valence electrons. The van der Waals surface area contributed by atoms with Crippen LogP contribution in [0, 0.1) is 0 Å². The minimum atomic E-state index is -4.58. The summed E-state index contributed by atoms with van der Waals surface area (Å²) in [5.74, 6) is -0.0173. The summed E-state index contributed by atoms with van der Waals surface area (Å²) in [5, 5.41) is 10.5. The van der Waals surface area contributed by atoms with Crippen molar-refractivity contribution < 1.29 is 27.8 Å². The van der Waals surface area contributed by atoms with Crippen molar-refractivity contribution >= 4 is 16.9 Å². The highest BCUT2D eigenvalue weighted by Gasteiger charge is 2.35. The predicted octanol–water partition coefficient (Wildman–Crippen LogP) is 4.36. The number of carbonyl (C=O) groups excluding carboxylic acids is 1. The van der Waals surface area contributed by atoms with Crippen LogP contribution in [0.3, 0.4) is 0 Å². The first-order chi connectivity index (χ1) is 20.6. The second kappa shape index (κ2) is 11.5. The van der Waals surface area contributed by atoms with E-state index in [4.69, 9.17) is 4.74 Å². The van der Waals surface area contributed by atoms with Crippen molar-refractivity contribution in [1.29, 1.82) is 0 Å². The number of carbonyl (C=O) groups is 1. The number of hydrogen-bond acceptors (Lipinski definition) is 6. The Morgan fingerprint density at radius 2 is 1.91 bits per heavy atom. The minimum Gasteiger partial charge on any atom is -0.490 e. The molecule has 4 aromatic rings. The Kier molecular flexibility index (Phi) is 7.74. The van der Waals surface area contributed by atoms with E-state index in [1.54, 1.807) is 12.1 Å². The number of aromatic amines is 2. The minimum absolute atomic E-state index is 0.00307. The molecule has 2 aromatic carbocycles. The number of likely N-dealkylation sites (tertiary alicyclic amines) is 1. The lowest BCUT2D eigenvalue weighted by molar-refractivity contribution is -0.139. The van der Waals surface area contributed by atoms with E-state index < -0.39 is 17.8 Å². The molecule has 4 heterocycles. The number of halogens is 3. The number of fused-ring (bicyclic) bond motifs is 2. The normalized spacial score (nSPS) is 17.0. The molecule has 1 fully saturated rings. The fourth-order valence-electron chi connectivity index (χ4n) is 5.97. The molecule has 2 aromatic heterocycles. The van der Waals surface area contributed by atoms with Crippen LogP contribution in [0.25, 0.3) is 22.4 Å². The molecule has 0 bridgehead atoms. The van der Waals surface area contributed by atoms with Gasteiger partial charge >= 0.3 is 6.18 Å². The maximum atomic E-state index is 13.3. The summed E-state index contributed by atoms with van der Waals surface area (Å²) in [6, 6.07) is 10.5. The first-order valence-electron chi connectivity index (χ1n) is 14.3. The van der Waals surface area contributed by atoms with Gasteiger partial charge in [-0.15, -0.1) is 0 Å². The SMILES string of the molecule is CN1CCC(N2Cc3cc4[nH]c(-c5c(CC[C@@H](O)COc6ccccc6C(F)(F)F)cc[nH]c5=O)nc4cc3C2=O)CC1. The Balaban J connectivity index is 1.17. The fourth-order valence-corrected chi connectivity index (χ4v) is 5.97. The van der Waals surface area contributed by atoms with Crippen LogP contribution in [0.1, 0.15) is 46.3 Å². The van der Waals surface area contributed by atoms with Gasteiger partial charge in [0.2, 0.25) is 0 Å². The topological polar surface area (TPSA) is 115 Å². The Hall–Kier alpha value is -4.16. The highest BCUT2D eigenvalue weighted by Crippen LogP contribution is 2.36. The van der Waals surface area contributed by atoms with Gasteiger partial charge in [-0.2, -0.15) is 13.2 Å². The molecule has 2 aliphatic rings. The van der Waals surface area contributed by atoms with Gasteiger partial charge < -0.3 is 29.6 Å². The third-order valence-corrected chi connectivity index (χ3v) is 8.32. The molecule has 3 N–H and O–H groups in total. The van der Waals surface area contributed by atoms with Gasteiger partial charge in [-0.25, -0.2) is 4.98 Å². The van der Waals surface area contributed by atoms with Crippen molar-refractivity contribution in [3.05, 3.63) is 81.3 Å². The lowest BCUT2D eigenvalue weighted by Crippen LogP contribution is -2.43. The van der Waals surface area contributed by atoms with Gasteiger partial charge in [0.05, 0.1) is 28.3 Å². The molecular formula is C31H32F3N5O4. The number of nitrogens with one attached hydrogen (secondary N) is 2. The van der Waals surface area contributed by atoms with Gasteiger partial charge in [0, 0.05) is 24.3 Å². The second-order valence-corrected chi connectivity index (χ2v) is 11.3. The van der Waals surface area contributed by atoms with Gasteiger partial charge in [0.25, 0.3) is 11.5 Å². The van der Waals surface area contributed by atoms with Crippen LogP contribution in [-0.4, -0.2) is 74.7 Å². The molecule has 6 rings (SSSR count). The second-order valence-electron chi connectivity index (χ2n) is 11.3. The number of nitrogens with zero attached hydrogens (tertiary/aromatic N) is 3. The molecule has 0 aliphatic carbocycles. The van der Waals surface area contributed by atoms with E-state index in [-0.39, 0.29) is 42.7 Å². The number of hydrogen-bond donors (Lipinski definition) is 3. The number of imidazole rings is 1. The molecule has 1 saturated heterocycles. The van der Waals surface area contributed by atoms with Crippen LogP contribution < -0.4 is 10.3 Å². The van der Waals surface area contributed by atoms with Crippen LogP contribution in [-0.2, 0) is 19.1 Å². The maximum absolute atomic E-state index is 13.3. The zero-order valence-corrected chi connectivity index (χ0v) is 23.6. The van der Waals surface area contributed by atoms with Gasteiger partial charge in [0.1, 0.15) is 18.2 Å². The molecular weight excluding hydrogens is 563 g/mol. The zero-order valence-electron chi connectivity index (χ0n) is 23.6. The summed E-state index contributed by atoms with van der Waals surface area (Å²) in [7, 11) is 2.09. The van der Waals surface area contributed by atoms with Gasteiger partial charge in [-0.3, -0.25) is 9.59 Å². The quantitative estimate of drug-likeness (QED) is 0.279. The molecule has 0 saturated carbocycles. The number of ether oxygens (including phenoxy) is 1.